The Kier molecular flexibility index (Phi) is 2.78. The van der Waals surface area contributed by atoms with Gasteiger partial charge in [0.15, 0.2) is 0 Å². The van der Waals surface area contributed by atoms with Gasteiger partial charge < -0.3 is 0 Å². The molecule has 1 rings (SSSR count). The van der Waals surface area contributed by atoms with Gasteiger partial charge in [-0.3, -0.25) is 0 Å². The number of sulfonamides is 1. The van der Waals surface area contributed by atoms with E-state index in [-0.39, 0.29) is 5.75 Å². The van der Waals surface area contributed by atoms with Crippen LogP contribution in [-0.4, -0.2) is 14.2 Å². The van der Waals surface area contributed by atoms with Crippen LogP contribution in [0.1, 0.15) is 26.7 Å². The minimum absolute atomic E-state index is 0.177. The van der Waals surface area contributed by atoms with Crippen LogP contribution >= 0.6 is 0 Å². The molecule has 1 fully saturated rings. The molecule has 0 amide bonds. The van der Waals surface area contributed by atoms with Crippen molar-refractivity contribution in [2.75, 3.05) is 5.75 Å². The van der Waals surface area contributed by atoms with Gasteiger partial charge in [-0.25, -0.2) is 13.6 Å². The molecule has 0 aromatic rings. The van der Waals surface area contributed by atoms with Gasteiger partial charge >= 0.3 is 0 Å². The van der Waals surface area contributed by atoms with Crippen LogP contribution in [0, 0.1) is 17.8 Å². The molecule has 2 N–H and O–H groups in total. The molecule has 0 saturated heterocycles. The van der Waals surface area contributed by atoms with Crippen LogP contribution < -0.4 is 5.14 Å². The largest absolute Gasteiger partial charge is 0.229 e. The topological polar surface area (TPSA) is 60.2 Å². The number of nitrogens with two attached hydrogens (primary N) is 1. The molecule has 0 aromatic heterocycles. The molecule has 1 aliphatic rings. The van der Waals surface area contributed by atoms with Gasteiger partial charge in [0.05, 0.1) is 5.75 Å². The Morgan fingerprint density at radius 2 is 1.92 bits per heavy atom. The second-order valence-electron chi connectivity index (χ2n) is 4.17. The van der Waals surface area contributed by atoms with Crippen LogP contribution in [0.15, 0.2) is 0 Å². The van der Waals surface area contributed by atoms with Gasteiger partial charge in [-0.1, -0.05) is 13.8 Å². The zero-order chi connectivity index (χ0) is 9.35. The highest BCUT2D eigenvalue weighted by atomic mass is 32.2. The molecular formula is C8H17NO2S. The second-order valence-corrected chi connectivity index (χ2v) is 5.83. The summed E-state index contributed by atoms with van der Waals surface area (Å²) in [7, 11) is -3.23. The Hall–Kier alpha value is -0.0900. The first-order chi connectivity index (χ1) is 5.38. The fourth-order valence-electron chi connectivity index (χ4n) is 1.80. The smallest absolute Gasteiger partial charge is 0.209 e. The van der Waals surface area contributed by atoms with E-state index < -0.39 is 10.0 Å². The predicted octanol–water partition coefficient (Wildman–Crippen LogP) is 0.957. The molecule has 12 heavy (non-hydrogen) atoms. The standard InChI is InChI=1S/C8H17NO2S/c1-6(2)8-3-7(4-8)5-12(9,10)11/h6-8H,3-5H2,1-2H3,(H2,9,10,11). The second kappa shape index (κ2) is 3.34. The summed E-state index contributed by atoms with van der Waals surface area (Å²) in [5.74, 6) is 1.90. The Bertz CT molecular complexity index is 240. The quantitative estimate of drug-likeness (QED) is 0.722. The normalized spacial score (nSPS) is 30.3. The molecule has 1 aliphatic carbocycles. The highest BCUT2D eigenvalue weighted by molar-refractivity contribution is 7.89. The van der Waals surface area contributed by atoms with Crippen molar-refractivity contribution in [3.8, 4) is 0 Å². The summed E-state index contributed by atoms with van der Waals surface area (Å²) in [5, 5.41) is 4.94. The van der Waals surface area contributed by atoms with Crippen molar-refractivity contribution < 1.29 is 8.42 Å². The molecule has 0 aliphatic heterocycles. The van der Waals surface area contributed by atoms with E-state index in [0.29, 0.717) is 11.8 Å². The zero-order valence-electron chi connectivity index (χ0n) is 7.66. The lowest BCUT2D eigenvalue weighted by atomic mass is 9.70. The number of rotatable bonds is 3. The van der Waals surface area contributed by atoms with Crippen LogP contribution in [-0.2, 0) is 10.0 Å². The van der Waals surface area contributed by atoms with Crippen molar-refractivity contribution in [3.05, 3.63) is 0 Å². The Morgan fingerprint density at radius 3 is 2.25 bits per heavy atom. The van der Waals surface area contributed by atoms with E-state index in [0.717, 1.165) is 18.8 Å². The average molecular weight is 191 g/mol. The van der Waals surface area contributed by atoms with Crippen LogP contribution in [0.3, 0.4) is 0 Å². The molecule has 0 atom stereocenters. The van der Waals surface area contributed by atoms with Crippen molar-refractivity contribution >= 4 is 10.0 Å². The third kappa shape index (κ3) is 2.75. The fraction of sp³-hybridized carbons (Fsp3) is 1.00. The maximum absolute atomic E-state index is 10.7. The first kappa shape index (κ1) is 9.99. The molecule has 0 bridgehead atoms. The first-order valence-corrected chi connectivity index (χ1v) is 6.10. The molecule has 0 spiro atoms. The number of hydrogen-bond donors (Lipinski definition) is 1. The minimum Gasteiger partial charge on any atom is -0.229 e. The lowest BCUT2D eigenvalue weighted by Gasteiger charge is -2.37. The van der Waals surface area contributed by atoms with E-state index >= 15 is 0 Å². The molecule has 72 valence electrons. The predicted molar refractivity (Wildman–Crippen MR) is 49.0 cm³/mol. The molecule has 1 saturated carbocycles. The number of primary sulfonamides is 1. The lowest BCUT2D eigenvalue weighted by molar-refractivity contribution is 0.158. The van der Waals surface area contributed by atoms with E-state index in [9.17, 15) is 8.42 Å². The van der Waals surface area contributed by atoms with Gasteiger partial charge in [0.1, 0.15) is 0 Å². The number of hydrogen-bond acceptors (Lipinski definition) is 2. The SMILES string of the molecule is CC(C)C1CC(CS(N)(=O)=O)C1. The summed E-state index contributed by atoms with van der Waals surface area (Å²) in [5.41, 5.74) is 0. The van der Waals surface area contributed by atoms with Crippen LogP contribution in [0.25, 0.3) is 0 Å². The summed E-state index contributed by atoms with van der Waals surface area (Å²) in [4.78, 5) is 0. The minimum atomic E-state index is -3.23. The summed E-state index contributed by atoms with van der Waals surface area (Å²) in [6.45, 7) is 4.36. The molecule has 0 radical (unpaired) electrons. The van der Waals surface area contributed by atoms with Gasteiger partial charge in [-0.05, 0) is 30.6 Å². The third-order valence-corrected chi connectivity index (χ3v) is 3.62. The molecule has 3 nitrogen and oxygen atoms in total. The summed E-state index contributed by atoms with van der Waals surface area (Å²) < 4.78 is 21.4. The average Bonchev–Trinajstić information content (AvgIpc) is 1.74. The maximum atomic E-state index is 10.7. The fourth-order valence-corrected chi connectivity index (χ4v) is 2.73. The molecule has 4 heteroatoms. The van der Waals surface area contributed by atoms with E-state index in [4.69, 9.17) is 5.14 Å². The summed E-state index contributed by atoms with van der Waals surface area (Å²) in [6.07, 6.45) is 2.07. The highest BCUT2D eigenvalue weighted by Gasteiger charge is 2.33. The van der Waals surface area contributed by atoms with E-state index in [2.05, 4.69) is 13.8 Å². The Labute approximate surface area is 74.4 Å². The van der Waals surface area contributed by atoms with Crippen molar-refractivity contribution in [2.24, 2.45) is 22.9 Å². The maximum Gasteiger partial charge on any atom is 0.209 e. The van der Waals surface area contributed by atoms with Crippen molar-refractivity contribution in [3.63, 3.8) is 0 Å². The van der Waals surface area contributed by atoms with E-state index in [1.165, 1.54) is 0 Å². The monoisotopic (exact) mass is 191 g/mol. The molecule has 0 unspecified atom stereocenters. The van der Waals surface area contributed by atoms with E-state index in [1.54, 1.807) is 0 Å². The van der Waals surface area contributed by atoms with Crippen molar-refractivity contribution in [1.82, 2.24) is 0 Å². The van der Waals surface area contributed by atoms with E-state index in [1.807, 2.05) is 0 Å². The zero-order valence-corrected chi connectivity index (χ0v) is 8.47. The molecule has 0 aromatic carbocycles. The Morgan fingerprint density at radius 1 is 1.42 bits per heavy atom. The third-order valence-electron chi connectivity index (χ3n) is 2.68. The van der Waals surface area contributed by atoms with Gasteiger partial charge in [-0.15, -0.1) is 0 Å². The van der Waals surface area contributed by atoms with Gasteiger partial charge in [0.2, 0.25) is 10.0 Å². The Balaban J connectivity index is 2.27. The van der Waals surface area contributed by atoms with Crippen molar-refractivity contribution in [2.45, 2.75) is 26.7 Å². The summed E-state index contributed by atoms with van der Waals surface area (Å²) >= 11 is 0. The van der Waals surface area contributed by atoms with Crippen LogP contribution in [0.4, 0.5) is 0 Å². The summed E-state index contributed by atoms with van der Waals surface area (Å²) in [6, 6.07) is 0. The van der Waals surface area contributed by atoms with Gasteiger partial charge in [-0.2, -0.15) is 0 Å². The molecular weight excluding hydrogens is 174 g/mol. The van der Waals surface area contributed by atoms with Crippen LogP contribution in [0.2, 0.25) is 0 Å². The van der Waals surface area contributed by atoms with Gasteiger partial charge in [0.25, 0.3) is 0 Å². The molecule has 0 heterocycles. The van der Waals surface area contributed by atoms with Crippen LogP contribution in [0.5, 0.6) is 0 Å². The van der Waals surface area contributed by atoms with Crippen molar-refractivity contribution in [1.29, 1.82) is 0 Å². The highest BCUT2D eigenvalue weighted by Crippen LogP contribution is 2.38. The lowest BCUT2D eigenvalue weighted by Crippen LogP contribution is -2.34. The first-order valence-electron chi connectivity index (χ1n) is 4.39. The van der Waals surface area contributed by atoms with Gasteiger partial charge in [0, 0.05) is 0 Å².